The predicted octanol–water partition coefficient (Wildman–Crippen LogP) is 2.04. The molecule has 0 bridgehead atoms. The Morgan fingerprint density at radius 1 is 1.44 bits per heavy atom. The molecular weight excluding hydrogens is 444 g/mol. The number of pyridine rings is 1. The van der Waals surface area contributed by atoms with E-state index in [9.17, 15) is 27.1 Å². The van der Waals surface area contributed by atoms with Crippen molar-refractivity contribution in [2.75, 3.05) is 24.7 Å². The number of aromatic nitrogens is 3. The Balaban J connectivity index is 1.88. The van der Waals surface area contributed by atoms with E-state index in [1.807, 2.05) is 0 Å². The van der Waals surface area contributed by atoms with Gasteiger partial charge in [0.05, 0.1) is 23.5 Å². The molecule has 32 heavy (non-hydrogen) atoms. The first-order chi connectivity index (χ1) is 18.0. The molecule has 12 heteroatoms. The molecule has 2 atom stereocenters. The van der Waals surface area contributed by atoms with Gasteiger partial charge in [0.15, 0.2) is 0 Å². The zero-order chi connectivity index (χ0) is 30.3. The van der Waals surface area contributed by atoms with Gasteiger partial charge in [0, 0.05) is 40.3 Å². The number of halogens is 2. The largest absolute Gasteiger partial charge is 0.388 e. The number of piperidine rings is 1. The van der Waals surface area contributed by atoms with Gasteiger partial charge in [-0.3, -0.25) is 9.36 Å². The summed E-state index contributed by atoms with van der Waals surface area (Å²) >= 11 is 0. The van der Waals surface area contributed by atoms with E-state index >= 15 is 0 Å². The summed E-state index contributed by atoms with van der Waals surface area (Å²) in [5.41, 5.74) is -5.66. The molecule has 176 valence electrons. The Morgan fingerprint density at radius 2 is 2.16 bits per heavy atom. The van der Waals surface area contributed by atoms with Crippen LogP contribution in [0, 0.1) is 0 Å². The molecule has 0 unspecified atom stereocenters. The molecule has 9 nitrogen and oxygen atoms in total. The van der Waals surface area contributed by atoms with Crippen LogP contribution in [0.4, 0.5) is 14.7 Å². The molecule has 2 aromatic heterocycles. The number of hydrogen-bond acceptors (Lipinski definition) is 7. The Morgan fingerprint density at radius 3 is 2.78 bits per heavy atom. The highest BCUT2D eigenvalue weighted by Crippen LogP contribution is 2.39. The summed E-state index contributed by atoms with van der Waals surface area (Å²) in [5.74, 6) is -0.466. The number of sulfonamides is 1. The van der Waals surface area contributed by atoms with E-state index < -0.39 is 89.5 Å². The van der Waals surface area contributed by atoms with Crippen LogP contribution < -0.4 is 10.9 Å². The summed E-state index contributed by atoms with van der Waals surface area (Å²) in [5, 5.41) is 13.4. The van der Waals surface area contributed by atoms with Crippen molar-refractivity contribution in [2.24, 2.45) is 0 Å². The van der Waals surface area contributed by atoms with E-state index in [1.165, 1.54) is 0 Å². The number of fused-ring (bicyclic) bond motifs is 1. The molecule has 2 aromatic rings. The quantitative estimate of drug-likeness (QED) is 0.674. The third-order valence-electron chi connectivity index (χ3n) is 5.56. The molecule has 2 N–H and O–H groups in total. The maximum absolute atomic E-state index is 14.1. The maximum Gasteiger partial charge on any atom is 0.269 e. The lowest BCUT2D eigenvalue weighted by atomic mass is 9.99. The van der Waals surface area contributed by atoms with Crippen LogP contribution >= 0.6 is 0 Å². The molecule has 0 radical (unpaired) electrons. The predicted molar refractivity (Wildman–Crippen MR) is 115 cm³/mol. The fraction of sp³-hybridized carbons (Fsp3) is 0.650. The molecule has 0 amide bonds. The van der Waals surface area contributed by atoms with Crippen molar-refractivity contribution in [1.29, 1.82) is 0 Å². The summed E-state index contributed by atoms with van der Waals surface area (Å²) in [4.78, 5) is 21.3. The molecule has 0 aromatic carbocycles. The average molecular weight is 480 g/mol. The maximum atomic E-state index is 14.1. The van der Waals surface area contributed by atoms with Crippen molar-refractivity contribution in [1.82, 2.24) is 18.8 Å². The standard InChI is InChI=1S/C20H27F2N5O4S/c1-20(29)7-3-4-15(20)27-17-12(10-14(16(21)22)18(27)28)11-23-19(25-17)24-13-5-8-26(9-6-13)32(2,30)31/h10-11,13,15-16,29H,3-9H2,1-2H3,(H,23,24,25)/t15-,20-/m1/s1/i1D3,5D2,6D2,16D. The highest BCUT2D eigenvalue weighted by atomic mass is 32.2. The normalized spacial score (nSPS) is 33.2. The fourth-order valence-electron chi connectivity index (χ4n) is 3.91. The number of anilines is 1. The van der Waals surface area contributed by atoms with Gasteiger partial charge >= 0.3 is 0 Å². The molecule has 1 aliphatic heterocycles. The van der Waals surface area contributed by atoms with E-state index in [4.69, 9.17) is 11.0 Å². The molecule has 3 heterocycles. The van der Waals surface area contributed by atoms with Crippen LogP contribution in [-0.4, -0.2) is 63.4 Å². The second-order valence-corrected chi connectivity index (χ2v) is 9.80. The molecular formula is C20H27F2N5O4S. The molecule has 0 spiro atoms. The zero-order valence-corrected chi connectivity index (χ0v) is 17.8. The van der Waals surface area contributed by atoms with Crippen LogP contribution in [0.15, 0.2) is 17.1 Å². The number of nitrogens with one attached hydrogen (secondary N) is 1. The zero-order valence-electron chi connectivity index (χ0n) is 25.0. The smallest absolute Gasteiger partial charge is 0.269 e. The molecule has 1 saturated heterocycles. The Hall–Kier alpha value is -2.18. The highest BCUT2D eigenvalue weighted by Gasteiger charge is 2.40. The lowest BCUT2D eigenvalue weighted by molar-refractivity contribution is 0.0261. The molecule has 1 saturated carbocycles. The fourth-order valence-corrected chi connectivity index (χ4v) is 4.53. The minimum atomic E-state index is -4.39. The minimum absolute atomic E-state index is 0.0985. The lowest BCUT2D eigenvalue weighted by Gasteiger charge is -2.31. The minimum Gasteiger partial charge on any atom is -0.388 e. The van der Waals surface area contributed by atoms with Crippen molar-refractivity contribution in [3.05, 3.63) is 28.2 Å². The second kappa shape index (κ2) is 8.31. The van der Waals surface area contributed by atoms with Crippen LogP contribution in [0.2, 0.25) is 0 Å². The number of aliphatic hydroxyl groups is 1. The topological polar surface area (TPSA) is 117 Å². The lowest BCUT2D eigenvalue weighted by Crippen LogP contribution is -2.42. The van der Waals surface area contributed by atoms with Gasteiger partial charge in [-0.05, 0) is 44.9 Å². The van der Waals surface area contributed by atoms with Gasteiger partial charge in [0.2, 0.25) is 16.0 Å². The van der Waals surface area contributed by atoms with Gasteiger partial charge in [-0.1, -0.05) is 0 Å². The van der Waals surface area contributed by atoms with Gasteiger partial charge in [0.25, 0.3) is 12.0 Å². The summed E-state index contributed by atoms with van der Waals surface area (Å²) in [6, 6.07) is -2.59. The van der Waals surface area contributed by atoms with Crippen molar-refractivity contribution < 1.29 is 33.3 Å². The second-order valence-electron chi connectivity index (χ2n) is 7.82. The summed E-state index contributed by atoms with van der Waals surface area (Å²) in [7, 11) is -3.94. The summed E-state index contributed by atoms with van der Waals surface area (Å²) in [6.07, 6.45) is -7.85. The van der Waals surface area contributed by atoms with Gasteiger partial charge < -0.3 is 10.4 Å². The number of nitrogens with zero attached hydrogens (tertiary/aromatic N) is 4. The Kier molecular flexibility index (Phi) is 3.86. The van der Waals surface area contributed by atoms with E-state index in [1.54, 1.807) is 0 Å². The number of rotatable bonds is 5. The van der Waals surface area contributed by atoms with Crippen molar-refractivity contribution in [2.45, 2.75) is 62.9 Å². The third-order valence-corrected chi connectivity index (χ3v) is 6.76. The van der Waals surface area contributed by atoms with E-state index in [0.717, 1.165) is 12.5 Å². The first-order valence-electron chi connectivity index (χ1n) is 13.7. The highest BCUT2D eigenvalue weighted by molar-refractivity contribution is 7.88. The first-order valence-corrected chi connectivity index (χ1v) is 11.6. The van der Waals surface area contributed by atoms with Crippen LogP contribution in [0.1, 0.15) is 67.8 Å². The SMILES string of the molecule is [2H]C(F)(F)c1cc2cnc(NC3C([2H])([2H])CN(S(C)(=O)=O)CC3([2H])[2H])nc2n([C@@H]2CCC[C@]2(O)C([2H])([2H])[2H])c1=O. The van der Waals surface area contributed by atoms with Crippen LogP contribution in [-0.2, 0) is 10.0 Å². The van der Waals surface area contributed by atoms with Crippen LogP contribution in [0.25, 0.3) is 11.0 Å². The third kappa shape index (κ3) is 4.35. The van der Waals surface area contributed by atoms with Gasteiger partial charge in [0.1, 0.15) is 7.02 Å². The Labute approximate surface area is 195 Å². The van der Waals surface area contributed by atoms with Crippen molar-refractivity contribution >= 4 is 27.0 Å². The summed E-state index contributed by atoms with van der Waals surface area (Å²) < 4.78 is 117. The Bertz CT molecular complexity index is 1480. The van der Waals surface area contributed by atoms with Gasteiger partial charge in [-0.25, -0.2) is 26.5 Å². The first kappa shape index (κ1) is 14.9. The molecule has 1 aliphatic carbocycles. The van der Waals surface area contributed by atoms with Crippen LogP contribution in [0.3, 0.4) is 0 Å². The monoisotopic (exact) mass is 479 g/mol. The van der Waals surface area contributed by atoms with Crippen molar-refractivity contribution in [3.63, 3.8) is 0 Å². The summed E-state index contributed by atoms with van der Waals surface area (Å²) in [6.45, 7) is -4.42. The molecule has 2 fully saturated rings. The van der Waals surface area contributed by atoms with Crippen molar-refractivity contribution in [3.8, 4) is 0 Å². The van der Waals surface area contributed by atoms with E-state index in [-0.39, 0.29) is 24.6 Å². The number of alkyl halides is 2. The molecule has 2 aliphatic rings. The number of hydrogen-bond donors (Lipinski definition) is 2. The van der Waals surface area contributed by atoms with Gasteiger partial charge in [-0.15, -0.1) is 0 Å². The van der Waals surface area contributed by atoms with Crippen LogP contribution in [0.5, 0.6) is 0 Å². The van der Waals surface area contributed by atoms with E-state index in [2.05, 4.69) is 15.3 Å². The van der Waals surface area contributed by atoms with E-state index in [0.29, 0.717) is 14.9 Å². The average Bonchev–Trinajstić information content (AvgIpc) is 3.16. The molecule has 4 rings (SSSR count). The van der Waals surface area contributed by atoms with Gasteiger partial charge in [-0.2, -0.15) is 4.98 Å².